The van der Waals surface area contributed by atoms with E-state index >= 15 is 0 Å². The molecule has 0 atom stereocenters. The molecule has 0 unspecified atom stereocenters. The first-order chi connectivity index (χ1) is 12.2. The monoisotopic (exact) mass is 344 g/mol. The van der Waals surface area contributed by atoms with Gasteiger partial charge in [-0.15, -0.1) is 0 Å². The topological polar surface area (TPSA) is 82.1 Å². The normalized spacial score (nSPS) is 10.1. The molecule has 2 aromatic carbocycles. The highest BCUT2D eigenvalue weighted by Gasteiger charge is 2.06. The van der Waals surface area contributed by atoms with Gasteiger partial charge in [-0.3, -0.25) is 9.59 Å². The molecule has 132 valence electrons. The highest BCUT2D eigenvalue weighted by molar-refractivity contribution is 5.76. The zero-order valence-corrected chi connectivity index (χ0v) is 13.9. The molecule has 0 aliphatic rings. The minimum Gasteiger partial charge on any atom is -0.504 e. The lowest BCUT2D eigenvalue weighted by molar-refractivity contribution is 0.111. The second-order valence-electron chi connectivity index (χ2n) is 5.28. The number of hydrogen-bond acceptors (Lipinski definition) is 6. The number of unbranched alkanes of at least 4 members (excludes halogenated alkanes) is 1. The third kappa shape index (κ3) is 5.24. The number of phenols is 1. The van der Waals surface area contributed by atoms with E-state index in [1.54, 1.807) is 30.3 Å². The summed E-state index contributed by atoms with van der Waals surface area (Å²) in [5.41, 5.74) is 0.922. The number of phenolic OH excluding ortho intramolecular Hbond substituents is 1. The van der Waals surface area contributed by atoms with Crippen molar-refractivity contribution in [2.24, 2.45) is 0 Å². The highest BCUT2D eigenvalue weighted by atomic mass is 16.5. The van der Waals surface area contributed by atoms with Crippen molar-refractivity contribution in [3.63, 3.8) is 0 Å². The number of carbonyl (C=O) groups is 2. The van der Waals surface area contributed by atoms with Gasteiger partial charge in [-0.05, 0) is 49.2 Å². The van der Waals surface area contributed by atoms with Crippen molar-refractivity contribution >= 4 is 12.6 Å². The summed E-state index contributed by atoms with van der Waals surface area (Å²) in [5.74, 6) is 1.38. The first-order valence-electron chi connectivity index (χ1n) is 7.85. The molecule has 0 amide bonds. The number of aldehydes is 2. The zero-order chi connectivity index (χ0) is 18.1. The molecule has 0 aliphatic heterocycles. The summed E-state index contributed by atoms with van der Waals surface area (Å²) >= 11 is 0. The van der Waals surface area contributed by atoms with Crippen LogP contribution in [0.15, 0.2) is 36.4 Å². The SMILES string of the molecule is COc1cc(C=O)ccc1OCCCCOc1ccc(C=O)cc1O. The molecule has 2 rings (SSSR count). The molecule has 1 N–H and O–H groups in total. The van der Waals surface area contributed by atoms with E-state index in [9.17, 15) is 14.7 Å². The number of methoxy groups -OCH3 is 1. The van der Waals surface area contributed by atoms with Gasteiger partial charge in [-0.2, -0.15) is 0 Å². The predicted octanol–water partition coefficient (Wildman–Crippen LogP) is 3.26. The van der Waals surface area contributed by atoms with E-state index in [0.29, 0.717) is 47.9 Å². The van der Waals surface area contributed by atoms with Gasteiger partial charge >= 0.3 is 0 Å². The van der Waals surface area contributed by atoms with Gasteiger partial charge in [-0.25, -0.2) is 0 Å². The molecule has 2 aromatic rings. The van der Waals surface area contributed by atoms with E-state index in [0.717, 1.165) is 19.1 Å². The summed E-state index contributed by atoms with van der Waals surface area (Å²) in [7, 11) is 1.52. The molecule has 0 saturated carbocycles. The predicted molar refractivity (Wildman–Crippen MR) is 92.1 cm³/mol. The minimum atomic E-state index is -0.0548. The van der Waals surface area contributed by atoms with Crippen LogP contribution in [0.2, 0.25) is 0 Å². The van der Waals surface area contributed by atoms with Crippen LogP contribution in [0.5, 0.6) is 23.0 Å². The van der Waals surface area contributed by atoms with Gasteiger partial charge in [0.05, 0.1) is 20.3 Å². The lowest BCUT2D eigenvalue weighted by Gasteiger charge is -2.11. The molecule has 0 heterocycles. The van der Waals surface area contributed by atoms with Crippen LogP contribution in [0.1, 0.15) is 33.6 Å². The van der Waals surface area contributed by atoms with Crippen LogP contribution in [0, 0.1) is 0 Å². The largest absolute Gasteiger partial charge is 0.504 e. The van der Waals surface area contributed by atoms with Crippen LogP contribution >= 0.6 is 0 Å². The van der Waals surface area contributed by atoms with E-state index in [-0.39, 0.29) is 5.75 Å². The van der Waals surface area contributed by atoms with Crippen molar-refractivity contribution in [3.8, 4) is 23.0 Å². The summed E-state index contributed by atoms with van der Waals surface area (Å²) in [6.07, 6.45) is 2.88. The van der Waals surface area contributed by atoms with Gasteiger partial charge in [0.25, 0.3) is 0 Å². The maximum Gasteiger partial charge on any atom is 0.161 e. The quantitative estimate of drug-likeness (QED) is 0.526. The van der Waals surface area contributed by atoms with Crippen molar-refractivity contribution < 1.29 is 28.9 Å². The average molecular weight is 344 g/mol. The van der Waals surface area contributed by atoms with Crippen LogP contribution in [-0.2, 0) is 0 Å². The number of aromatic hydroxyl groups is 1. The second-order valence-corrected chi connectivity index (χ2v) is 5.28. The fourth-order valence-electron chi connectivity index (χ4n) is 2.17. The highest BCUT2D eigenvalue weighted by Crippen LogP contribution is 2.28. The van der Waals surface area contributed by atoms with Crippen molar-refractivity contribution in [1.82, 2.24) is 0 Å². The summed E-state index contributed by atoms with van der Waals surface area (Å²) in [5, 5.41) is 9.73. The maximum absolute atomic E-state index is 10.7. The Morgan fingerprint density at radius 2 is 1.40 bits per heavy atom. The van der Waals surface area contributed by atoms with Crippen molar-refractivity contribution in [3.05, 3.63) is 47.5 Å². The Morgan fingerprint density at radius 3 is 1.96 bits per heavy atom. The number of carbonyl (C=O) groups excluding carboxylic acids is 2. The van der Waals surface area contributed by atoms with Crippen LogP contribution in [0.25, 0.3) is 0 Å². The van der Waals surface area contributed by atoms with Crippen LogP contribution < -0.4 is 14.2 Å². The Hall–Kier alpha value is -3.02. The number of benzene rings is 2. The second kappa shape index (κ2) is 9.32. The molecule has 0 bridgehead atoms. The van der Waals surface area contributed by atoms with Gasteiger partial charge < -0.3 is 19.3 Å². The first kappa shape index (κ1) is 18.3. The Kier molecular flexibility index (Phi) is 6.83. The zero-order valence-electron chi connectivity index (χ0n) is 13.9. The minimum absolute atomic E-state index is 0.0548. The van der Waals surface area contributed by atoms with E-state index in [1.165, 1.54) is 13.2 Å². The third-order valence-electron chi connectivity index (χ3n) is 3.50. The first-order valence-corrected chi connectivity index (χ1v) is 7.85. The molecule has 0 aromatic heterocycles. The summed E-state index contributed by atoms with van der Waals surface area (Å²) in [6.45, 7) is 0.884. The van der Waals surface area contributed by atoms with Gasteiger partial charge in [-0.1, -0.05) is 0 Å². The van der Waals surface area contributed by atoms with Crippen molar-refractivity contribution in [1.29, 1.82) is 0 Å². The number of ether oxygens (including phenoxy) is 3. The Labute approximate surface area is 146 Å². The van der Waals surface area contributed by atoms with Crippen LogP contribution in [0.3, 0.4) is 0 Å². The van der Waals surface area contributed by atoms with Crippen LogP contribution in [-0.4, -0.2) is 38.0 Å². The number of hydrogen-bond donors (Lipinski definition) is 1. The van der Waals surface area contributed by atoms with E-state index < -0.39 is 0 Å². The van der Waals surface area contributed by atoms with Crippen molar-refractivity contribution in [2.45, 2.75) is 12.8 Å². The molecular weight excluding hydrogens is 324 g/mol. The molecule has 0 fully saturated rings. The lowest BCUT2D eigenvalue weighted by Crippen LogP contribution is -2.03. The van der Waals surface area contributed by atoms with Crippen LogP contribution in [0.4, 0.5) is 0 Å². The smallest absolute Gasteiger partial charge is 0.161 e. The van der Waals surface area contributed by atoms with E-state index in [4.69, 9.17) is 14.2 Å². The van der Waals surface area contributed by atoms with Gasteiger partial charge in [0.1, 0.15) is 12.6 Å². The molecule has 6 nitrogen and oxygen atoms in total. The van der Waals surface area contributed by atoms with Gasteiger partial charge in [0, 0.05) is 11.1 Å². The molecule has 6 heteroatoms. The van der Waals surface area contributed by atoms with Crippen molar-refractivity contribution in [2.75, 3.05) is 20.3 Å². The molecule has 25 heavy (non-hydrogen) atoms. The Morgan fingerprint density at radius 1 is 0.840 bits per heavy atom. The molecule has 0 radical (unpaired) electrons. The molecular formula is C19H20O6. The fraction of sp³-hybridized carbons (Fsp3) is 0.263. The molecule has 0 saturated heterocycles. The molecule has 0 aliphatic carbocycles. The van der Waals surface area contributed by atoms with Gasteiger partial charge in [0.15, 0.2) is 23.0 Å². The van der Waals surface area contributed by atoms with E-state index in [1.807, 2.05) is 0 Å². The lowest BCUT2D eigenvalue weighted by atomic mass is 10.2. The Bertz CT molecular complexity index is 726. The maximum atomic E-state index is 10.7. The van der Waals surface area contributed by atoms with E-state index in [2.05, 4.69) is 0 Å². The standard InChI is InChI=1S/C19H20O6/c1-23-19-11-15(13-21)5-7-18(19)25-9-3-2-8-24-17-6-4-14(12-20)10-16(17)22/h4-7,10-13,22H,2-3,8-9H2,1H3. The summed E-state index contributed by atoms with van der Waals surface area (Å²) < 4.78 is 16.3. The average Bonchev–Trinajstić information content (AvgIpc) is 2.65. The Balaban J connectivity index is 1.73. The fourth-order valence-corrected chi connectivity index (χ4v) is 2.17. The van der Waals surface area contributed by atoms with Gasteiger partial charge in [0.2, 0.25) is 0 Å². The summed E-state index contributed by atoms with van der Waals surface area (Å²) in [4.78, 5) is 21.4. The number of rotatable bonds is 10. The third-order valence-corrected chi connectivity index (χ3v) is 3.50. The molecule has 0 spiro atoms. The summed E-state index contributed by atoms with van der Waals surface area (Å²) in [6, 6.07) is 9.50.